The molecule has 0 bridgehead atoms. The largest absolute Gasteiger partial charge is 0.481 e. The van der Waals surface area contributed by atoms with Gasteiger partial charge >= 0.3 is 5.97 Å². The fourth-order valence-electron chi connectivity index (χ4n) is 2.89. The molecule has 7 heteroatoms. The lowest BCUT2D eigenvalue weighted by Gasteiger charge is -2.31. The van der Waals surface area contributed by atoms with Crippen LogP contribution < -0.4 is 5.32 Å². The van der Waals surface area contributed by atoms with E-state index in [0.29, 0.717) is 30.6 Å². The molecular formula is C16H18N2O4S. The highest BCUT2D eigenvalue weighted by Gasteiger charge is 2.29. The van der Waals surface area contributed by atoms with E-state index in [4.69, 9.17) is 5.11 Å². The molecule has 0 spiro atoms. The number of fused-ring (bicyclic) bond motifs is 1. The molecule has 2 aliphatic heterocycles. The molecule has 1 unspecified atom stereocenters. The number of hydrogen-bond acceptors (Lipinski definition) is 4. The topological polar surface area (TPSA) is 86.7 Å². The highest BCUT2D eigenvalue weighted by Crippen LogP contribution is 2.36. The second-order valence-corrected chi connectivity index (χ2v) is 7.27. The first kappa shape index (κ1) is 15.9. The van der Waals surface area contributed by atoms with E-state index in [1.807, 2.05) is 13.0 Å². The maximum absolute atomic E-state index is 12.6. The number of likely N-dealkylation sites (tertiary alicyclic amines) is 1. The molecule has 1 aromatic rings. The van der Waals surface area contributed by atoms with Gasteiger partial charge in [0, 0.05) is 23.5 Å². The molecule has 0 aliphatic carbocycles. The zero-order chi connectivity index (χ0) is 16.6. The van der Waals surface area contributed by atoms with Gasteiger partial charge in [-0.3, -0.25) is 14.4 Å². The van der Waals surface area contributed by atoms with Crippen LogP contribution in [-0.4, -0.2) is 46.1 Å². The third kappa shape index (κ3) is 3.19. The van der Waals surface area contributed by atoms with Gasteiger partial charge in [0.2, 0.25) is 5.91 Å². The van der Waals surface area contributed by atoms with Crippen LogP contribution in [0.5, 0.6) is 0 Å². The molecule has 23 heavy (non-hydrogen) atoms. The average Bonchev–Trinajstić information content (AvgIpc) is 2.55. The number of aliphatic carboxylic acids is 1. The summed E-state index contributed by atoms with van der Waals surface area (Å²) < 4.78 is 0. The first-order valence-electron chi connectivity index (χ1n) is 7.59. The lowest BCUT2D eigenvalue weighted by atomic mass is 9.97. The lowest BCUT2D eigenvalue weighted by molar-refractivity contribution is -0.143. The number of rotatable bonds is 2. The summed E-state index contributed by atoms with van der Waals surface area (Å²) in [4.78, 5) is 38.0. The van der Waals surface area contributed by atoms with Gasteiger partial charge in [0.25, 0.3) is 5.91 Å². The van der Waals surface area contributed by atoms with Gasteiger partial charge in [-0.2, -0.15) is 0 Å². The van der Waals surface area contributed by atoms with Gasteiger partial charge in [0.15, 0.2) is 0 Å². The summed E-state index contributed by atoms with van der Waals surface area (Å²) in [5.41, 5.74) is 1.13. The number of piperidine rings is 1. The Kier molecular flexibility index (Phi) is 4.30. The number of carbonyl (C=O) groups excluding carboxylic acids is 2. The van der Waals surface area contributed by atoms with E-state index in [1.54, 1.807) is 17.0 Å². The van der Waals surface area contributed by atoms with Gasteiger partial charge in [-0.1, -0.05) is 0 Å². The molecule has 122 valence electrons. The van der Waals surface area contributed by atoms with Gasteiger partial charge in [0.05, 0.1) is 16.9 Å². The summed E-state index contributed by atoms with van der Waals surface area (Å²) in [7, 11) is 0. The minimum Gasteiger partial charge on any atom is -0.481 e. The third-order valence-electron chi connectivity index (χ3n) is 4.22. The van der Waals surface area contributed by atoms with Crippen LogP contribution in [0, 0.1) is 5.92 Å². The van der Waals surface area contributed by atoms with E-state index in [1.165, 1.54) is 11.8 Å². The maximum atomic E-state index is 12.6. The maximum Gasteiger partial charge on any atom is 0.308 e. The molecule has 1 aromatic carbocycles. The summed E-state index contributed by atoms with van der Waals surface area (Å²) in [6.07, 6.45) is 1.30. The van der Waals surface area contributed by atoms with Gasteiger partial charge in [-0.15, -0.1) is 11.8 Å². The number of nitrogens with one attached hydrogen (secondary N) is 1. The number of anilines is 1. The molecule has 0 aromatic heterocycles. The summed E-state index contributed by atoms with van der Waals surface area (Å²) in [5, 5.41) is 11.8. The van der Waals surface area contributed by atoms with E-state index in [0.717, 1.165) is 4.90 Å². The Balaban J connectivity index is 1.79. The number of carboxylic acid groups (broad SMARTS) is 1. The zero-order valence-corrected chi connectivity index (χ0v) is 13.6. The number of nitrogens with zero attached hydrogens (tertiary/aromatic N) is 1. The van der Waals surface area contributed by atoms with Crippen molar-refractivity contribution in [2.75, 3.05) is 18.4 Å². The van der Waals surface area contributed by atoms with Crippen LogP contribution in [-0.2, 0) is 9.59 Å². The van der Waals surface area contributed by atoms with Crippen molar-refractivity contribution in [3.63, 3.8) is 0 Å². The Hall–Kier alpha value is -2.02. The van der Waals surface area contributed by atoms with Crippen molar-refractivity contribution in [3.05, 3.63) is 23.8 Å². The molecule has 2 amide bonds. The monoisotopic (exact) mass is 334 g/mol. The molecular weight excluding hydrogens is 316 g/mol. The first-order valence-corrected chi connectivity index (χ1v) is 8.47. The van der Waals surface area contributed by atoms with Crippen LogP contribution >= 0.6 is 11.8 Å². The summed E-state index contributed by atoms with van der Waals surface area (Å²) in [6, 6.07) is 5.25. The summed E-state index contributed by atoms with van der Waals surface area (Å²) in [6.45, 7) is 2.64. The van der Waals surface area contributed by atoms with Crippen LogP contribution in [0.15, 0.2) is 23.1 Å². The van der Waals surface area contributed by atoms with E-state index < -0.39 is 11.9 Å². The Morgan fingerprint density at radius 3 is 2.91 bits per heavy atom. The lowest BCUT2D eigenvalue weighted by Crippen LogP contribution is -2.42. The standard InChI is InChI=1S/C16H18N2O4S/c1-9-14(19)17-12-7-10(4-5-13(12)23-9)15(20)18-6-2-3-11(8-18)16(21)22/h4-5,7,9,11H,2-3,6,8H2,1H3,(H,17,19)(H,21,22)/t9?,11-/m0/s1. The molecule has 0 radical (unpaired) electrons. The van der Waals surface area contributed by atoms with Crippen LogP contribution in [0.4, 0.5) is 5.69 Å². The molecule has 2 atom stereocenters. The Labute approximate surface area is 138 Å². The van der Waals surface area contributed by atoms with Crippen molar-refractivity contribution >= 4 is 35.2 Å². The van der Waals surface area contributed by atoms with Crippen LogP contribution in [0.2, 0.25) is 0 Å². The van der Waals surface area contributed by atoms with Crippen molar-refractivity contribution in [2.45, 2.75) is 29.9 Å². The first-order chi connectivity index (χ1) is 11.0. The van der Waals surface area contributed by atoms with Gasteiger partial charge in [-0.05, 0) is 38.0 Å². The minimum absolute atomic E-state index is 0.0731. The summed E-state index contributed by atoms with van der Waals surface area (Å²) >= 11 is 1.47. The number of carboxylic acids is 1. The predicted octanol–water partition coefficient (Wildman–Crippen LogP) is 2.06. The SMILES string of the molecule is CC1Sc2ccc(C(=O)N3CCC[C@H](C(=O)O)C3)cc2NC1=O. The molecule has 0 saturated carbocycles. The van der Waals surface area contributed by atoms with Gasteiger partial charge in [0.1, 0.15) is 0 Å². The molecule has 1 saturated heterocycles. The Morgan fingerprint density at radius 2 is 2.17 bits per heavy atom. The smallest absolute Gasteiger partial charge is 0.308 e. The fraction of sp³-hybridized carbons (Fsp3) is 0.438. The van der Waals surface area contributed by atoms with E-state index in [-0.39, 0.29) is 23.6 Å². The van der Waals surface area contributed by atoms with Crippen LogP contribution in [0.25, 0.3) is 0 Å². The third-order valence-corrected chi connectivity index (χ3v) is 5.39. The minimum atomic E-state index is -0.856. The number of hydrogen-bond donors (Lipinski definition) is 2. The molecule has 1 fully saturated rings. The highest BCUT2D eigenvalue weighted by atomic mass is 32.2. The number of thioether (sulfide) groups is 1. The van der Waals surface area contributed by atoms with Crippen LogP contribution in [0.3, 0.4) is 0 Å². The number of carbonyl (C=O) groups is 3. The van der Waals surface area contributed by atoms with Gasteiger partial charge < -0.3 is 15.3 Å². The highest BCUT2D eigenvalue weighted by molar-refractivity contribution is 8.00. The average molecular weight is 334 g/mol. The van der Waals surface area contributed by atoms with E-state index in [9.17, 15) is 14.4 Å². The van der Waals surface area contributed by atoms with Crippen molar-refractivity contribution in [2.24, 2.45) is 5.92 Å². The fourth-order valence-corrected chi connectivity index (χ4v) is 3.82. The molecule has 2 aliphatic rings. The number of benzene rings is 1. The normalized spacial score (nSPS) is 23.9. The quantitative estimate of drug-likeness (QED) is 0.864. The van der Waals surface area contributed by atoms with Crippen molar-refractivity contribution in [1.82, 2.24) is 4.90 Å². The van der Waals surface area contributed by atoms with Crippen molar-refractivity contribution < 1.29 is 19.5 Å². The summed E-state index contributed by atoms with van der Waals surface area (Å²) in [5.74, 6) is -1.61. The molecule has 3 rings (SSSR count). The number of amides is 2. The second-order valence-electron chi connectivity index (χ2n) is 5.89. The van der Waals surface area contributed by atoms with E-state index >= 15 is 0 Å². The Morgan fingerprint density at radius 1 is 1.39 bits per heavy atom. The van der Waals surface area contributed by atoms with Gasteiger partial charge in [-0.25, -0.2) is 0 Å². The second kappa shape index (κ2) is 6.23. The van der Waals surface area contributed by atoms with Crippen LogP contribution in [0.1, 0.15) is 30.1 Å². The van der Waals surface area contributed by atoms with E-state index in [2.05, 4.69) is 5.32 Å². The van der Waals surface area contributed by atoms with Crippen molar-refractivity contribution in [1.29, 1.82) is 0 Å². The predicted molar refractivity (Wildman–Crippen MR) is 86.7 cm³/mol. The Bertz CT molecular complexity index is 676. The molecule has 2 N–H and O–H groups in total. The molecule has 6 nitrogen and oxygen atoms in total. The zero-order valence-electron chi connectivity index (χ0n) is 12.7. The molecule has 2 heterocycles. The van der Waals surface area contributed by atoms with Crippen molar-refractivity contribution in [3.8, 4) is 0 Å².